The zero-order chi connectivity index (χ0) is 12.8. The SMILES string of the molecule is O=C(CCCO)Nc1ccc([N+](=O)[O-])cc1Br. The number of aliphatic hydroxyl groups is 1. The molecule has 0 atom stereocenters. The van der Waals surface area contributed by atoms with Crippen molar-refractivity contribution in [1.29, 1.82) is 0 Å². The van der Waals surface area contributed by atoms with Gasteiger partial charge in [0.1, 0.15) is 0 Å². The van der Waals surface area contributed by atoms with E-state index in [9.17, 15) is 14.9 Å². The van der Waals surface area contributed by atoms with Gasteiger partial charge in [-0.1, -0.05) is 0 Å². The van der Waals surface area contributed by atoms with Crippen molar-refractivity contribution in [2.45, 2.75) is 12.8 Å². The number of rotatable bonds is 5. The Kier molecular flexibility index (Phi) is 5.05. The second kappa shape index (κ2) is 6.31. The average molecular weight is 303 g/mol. The molecule has 0 aliphatic carbocycles. The van der Waals surface area contributed by atoms with Gasteiger partial charge < -0.3 is 10.4 Å². The fourth-order valence-corrected chi connectivity index (χ4v) is 1.64. The summed E-state index contributed by atoms with van der Waals surface area (Å²) in [7, 11) is 0. The number of nitrogens with zero attached hydrogens (tertiary/aromatic N) is 1. The van der Waals surface area contributed by atoms with Crippen LogP contribution in [0.2, 0.25) is 0 Å². The first-order valence-corrected chi connectivity index (χ1v) is 5.68. The summed E-state index contributed by atoms with van der Waals surface area (Å²) in [5.41, 5.74) is 0.420. The van der Waals surface area contributed by atoms with Crippen molar-refractivity contribution in [1.82, 2.24) is 0 Å². The molecule has 1 amide bonds. The third-order valence-corrected chi connectivity index (χ3v) is 2.66. The standard InChI is InChI=1S/C10H11BrN2O4/c11-8-6-7(13(16)17)3-4-9(8)12-10(15)2-1-5-14/h3-4,6,14H,1-2,5H2,(H,12,15). The van der Waals surface area contributed by atoms with E-state index in [1.807, 2.05) is 0 Å². The number of benzene rings is 1. The predicted molar refractivity (Wildman–Crippen MR) is 65.7 cm³/mol. The van der Waals surface area contributed by atoms with Gasteiger partial charge in [0.2, 0.25) is 5.91 Å². The monoisotopic (exact) mass is 302 g/mol. The third kappa shape index (κ3) is 4.12. The number of nitro benzene ring substituents is 1. The van der Waals surface area contributed by atoms with Crippen LogP contribution in [-0.4, -0.2) is 22.5 Å². The summed E-state index contributed by atoms with van der Waals surface area (Å²) in [6.07, 6.45) is 0.594. The maximum absolute atomic E-state index is 11.4. The molecule has 0 radical (unpaired) electrons. The van der Waals surface area contributed by atoms with Gasteiger partial charge in [0, 0.05) is 29.6 Å². The zero-order valence-corrected chi connectivity index (χ0v) is 10.4. The molecular weight excluding hydrogens is 292 g/mol. The number of anilines is 1. The number of carbonyl (C=O) groups excluding carboxylic acids is 1. The summed E-state index contributed by atoms with van der Waals surface area (Å²) in [6.45, 7) is -0.0468. The van der Waals surface area contributed by atoms with Crippen LogP contribution in [0.4, 0.5) is 11.4 Å². The van der Waals surface area contributed by atoms with Crippen molar-refractivity contribution in [2.24, 2.45) is 0 Å². The minimum Gasteiger partial charge on any atom is -0.396 e. The molecule has 17 heavy (non-hydrogen) atoms. The van der Waals surface area contributed by atoms with Crippen LogP contribution in [0, 0.1) is 10.1 Å². The van der Waals surface area contributed by atoms with Crippen molar-refractivity contribution in [2.75, 3.05) is 11.9 Å². The van der Waals surface area contributed by atoms with Crippen LogP contribution in [0.25, 0.3) is 0 Å². The smallest absolute Gasteiger partial charge is 0.270 e. The first-order chi connectivity index (χ1) is 8.04. The van der Waals surface area contributed by atoms with E-state index in [0.717, 1.165) is 0 Å². The number of hydrogen-bond acceptors (Lipinski definition) is 4. The Morgan fingerprint density at radius 2 is 2.24 bits per heavy atom. The molecule has 1 aromatic carbocycles. The highest BCUT2D eigenvalue weighted by Gasteiger charge is 2.10. The van der Waals surface area contributed by atoms with Gasteiger partial charge in [-0.05, 0) is 28.4 Å². The summed E-state index contributed by atoms with van der Waals surface area (Å²) in [5, 5.41) is 21.7. The van der Waals surface area contributed by atoms with E-state index in [1.165, 1.54) is 18.2 Å². The van der Waals surface area contributed by atoms with Crippen molar-refractivity contribution < 1.29 is 14.8 Å². The van der Waals surface area contributed by atoms with Gasteiger partial charge in [0.25, 0.3) is 5.69 Å². The second-order valence-corrected chi connectivity index (χ2v) is 4.15. The van der Waals surface area contributed by atoms with Crippen LogP contribution < -0.4 is 5.32 Å². The highest BCUT2D eigenvalue weighted by molar-refractivity contribution is 9.10. The Morgan fingerprint density at radius 1 is 1.53 bits per heavy atom. The van der Waals surface area contributed by atoms with Crippen LogP contribution in [-0.2, 0) is 4.79 Å². The number of nitro groups is 1. The lowest BCUT2D eigenvalue weighted by Crippen LogP contribution is -2.12. The molecule has 0 bridgehead atoms. The Labute approximate surface area is 106 Å². The number of hydrogen-bond donors (Lipinski definition) is 2. The second-order valence-electron chi connectivity index (χ2n) is 3.30. The van der Waals surface area contributed by atoms with Crippen molar-refractivity contribution >= 4 is 33.2 Å². The van der Waals surface area contributed by atoms with Gasteiger partial charge in [-0.15, -0.1) is 0 Å². The van der Waals surface area contributed by atoms with Crippen LogP contribution in [0.5, 0.6) is 0 Å². The molecule has 0 unspecified atom stereocenters. The number of carbonyl (C=O) groups is 1. The first-order valence-electron chi connectivity index (χ1n) is 4.89. The van der Waals surface area contributed by atoms with E-state index >= 15 is 0 Å². The van der Waals surface area contributed by atoms with Gasteiger partial charge in [-0.2, -0.15) is 0 Å². The number of halogens is 1. The maximum Gasteiger partial charge on any atom is 0.270 e. The summed E-state index contributed by atoms with van der Waals surface area (Å²) in [6, 6.07) is 4.09. The lowest BCUT2D eigenvalue weighted by Gasteiger charge is -2.06. The van der Waals surface area contributed by atoms with Gasteiger partial charge in [-0.3, -0.25) is 14.9 Å². The Morgan fingerprint density at radius 3 is 2.76 bits per heavy atom. The highest BCUT2D eigenvalue weighted by Crippen LogP contribution is 2.27. The van der Waals surface area contributed by atoms with E-state index in [0.29, 0.717) is 16.6 Å². The maximum atomic E-state index is 11.4. The van der Waals surface area contributed by atoms with E-state index < -0.39 is 4.92 Å². The molecule has 7 heteroatoms. The molecule has 0 saturated heterocycles. The largest absolute Gasteiger partial charge is 0.396 e. The van der Waals surface area contributed by atoms with Crippen LogP contribution in [0.15, 0.2) is 22.7 Å². The topological polar surface area (TPSA) is 92.5 Å². The molecule has 0 fully saturated rings. The molecule has 0 saturated carbocycles. The first kappa shape index (κ1) is 13.6. The Hall–Kier alpha value is -1.47. The fourth-order valence-electron chi connectivity index (χ4n) is 1.17. The zero-order valence-electron chi connectivity index (χ0n) is 8.85. The normalized spacial score (nSPS) is 10.0. The van der Waals surface area contributed by atoms with E-state index in [2.05, 4.69) is 21.2 Å². The van der Waals surface area contributed by atoms with Crippen molar-refractivity contribution in [3.63, 3.8) is 0 Å². The molecule has 0 aliphatic rings. The average Bonchev–Trinajstić information content (AvgIpc) is 2.28. The predicted octanol–water partition coefficient (Wildman–Crippen LogP) is 2.07. The van der Waals surface area contributed by atoms with Gasteiger partial charge >= 0.3 is 0 Å². The lowest BCUT2D eigenvalue weighted by molar-refractivity contribution is -0.384. The molecule has 0 aromatic heterocycles. The van der Waals surface area contributed by atoms with E-state index in [4.69, 9.17) is 5.11 Å². The van der Waals surface area contributed by atoms with E-state index in [-0.39, 0.29) is 24.6 Å². The van der Waals surface area contributed by atoms with Crippen molar-refractivity contribution in [3.8, 4) is 0 Å². The molecule has 92 valence electrons. The lowest BCUT2D eigenvalue weighted by atomic mass is 10.2. The molecule has 0 aliphatic heterocycles. The fraction of sp³-hybridized carbons (Fsp3) is 0.300. The van der Waals surface area contributed by atoms with Crippen LogP contribution in [0.3, 0.4) is 0 Å². The number of aliphatic hydroxyl groups excluding tert-OH is 1. The van der Waals surface area contributed by atoms with Gasteiger partial charge in [0.05, 0.1) is 10.6 Å². The molecule has 0 spiro atoms. The van der Waals surface area contributed by atoms with Gasteiger partial charge in [0.15, 0.2) is 0 Å². The quantitative estimate of drug-likeness (QED) is 0.643. The summed E-state index contributed by atoms with van der Waals surface area (Å²) in [4.78, 5) is 21.4. The number of amides is 1. The molecule has 1 aromatic rings. The minimum absolute atomic E-state index is 0.0468. The highest BCUT2D eigenvalue weighted by atomic mass is 79.9. The van der Waals surface area contributed by atoms with Crippen LogP contribution >= 0.6 is 15.9 Å². The minimum atomic E-state index is -0.512. The Balaban J connectivity index is 2.72. The third-order valence-electron chi connectivity index (χ3n) is 2.00. The van der Waals surface area contributed by atoms with Gasteiger partial charge in [-0.25, -0.2) is 0 Å². The van der Waals surface area contributed by atoms with Crippen LogP contribution in [0.1, 0.15) is 12.8 Å². The molecule has 1 rings (SSSR count). The summed E-state index contributed by atoms with van der Waals surface area (Å²) >= 11 is 3.14. The number of non-ortho nitro benzene ring substituents is 1. The molecular formula is C10H11BrN2O4. The molecule has 0 heterocycles. The molecule has 2 N–H and O–H groups in total. The summed E-state index contributed by atoms with van der Waals surface area (Å²) in [5.74, 6) is -0.242. The Bertz CT molecular complexity index is 436. The molecule has 6 nitrogen and oxygen atoms in total. The number of nitrogens with one attached hydrogen (secondary N) is 1. The van der Waals surface area contributed by atoms with E-state index in [1.54, 1.807) is 0 Å². The van der Waals surface area contributed by atoms with Crippen molar-refractivity contribution in [3.05, 3.63) is 32.8 Å². The summed E-state index contributed by atoms with van der Waals surface area (Å²) < 4.78 is 0.448.